The van der Waals surface area contributed by atoms with Gasteiger partial charge in [-0.1, -0.05) is 48.5 Å². The van der Waals surface area contributed by atoms with Gasteiger partial charge in [-0.25, -0.2) is 4.68 Å². The quantitative estimate of drug-likeness (QED) is 0.743. The van der Waals surface area contributed by atoms with Gasteiger partial charge in [0.15, 0.2) is 0 Å². The minimum Gasteiger partial charge on any atom is -0.366 e. The number of rotatable bonds is 5. The Hall–Kier alpha value is -2.96. The molecule has 4 rings (SSSR count). The first-order valence-corrected chi connectivity index (χ1v) is 9.49. The van der Waals surface area contributed by atoms with Gasteiger partial charge in [0, 0.05) is 44.0 Å². The zero-order valence-corrected chi connectivity index (χ0v) is 15.9. The predicted molar refractivity (Wildman–Crippen MR) is 108 cm³/mol. The molecule has 1 atom stereocenters. The average Bonchev–Trinajstić information content (AvgIpc) is 3.19. The first kappa shape index (κ1) is 18.4. The van der Waals surface area contributed by atoms with Crippen LogP contribution in [0.1, 0.15) is 5.56 Å². The van der Waals surface area contributed by atoms with Crippen LogP contribution in [0.15, 0.2) is 66.9 Å². The number of nitrogens with zero attached hydrogens (tertiary/aromatic N) is 3. The van der Waals surface area contributed by atoms with E-state index in [1.165, 1.54) is 0 Å². The number of carbonyl (C=O) groups excluding carboxylic acids is 1. The van der Waals surface area contributed by atoms with E-state index in [9.17, 15) is 4.79 Å². The minimum absolute atomic E-state index is 0.0151. The lowest BCUT2D eigenvalue weighted by atomic mass is 10.1. The fraction of sp³-hybridized carbons (Fsp3) is 0.273. The highest BCUT2D eigenvalue weighted by atomic mass is 16.5. The molecule has 2 heterocycles. The molecule has 1 saturated heterocycles. The highest BCUT2D eigenvalue weighted by Crippen LogP contribution is 2.25. The molecule has 6 nitrogen and oxygen atoms in total. The third-order valence-corrected chi connectivity index (χ3v) is 4.84. The SMILES string of the molecule is CN(Cc1cn(-c2ccccc2)nc1-c1ccccc1)C(=O)C1CNCCO1. The van der Waals surface area contributed by atoms with E-state index in [0.29, 0.717) is 19.7 Å². The number of hydrogen-bond acceptors (Lipinski definition) is 4. The first-order chi connectivity index (χ1) is 13.7. The molecule has 1 N–H and O–H groups in total. The Morgan fingerprint density at radius 3 is 2.57 bits per heavy atom. The van der Waals surface area contributed by atoms with Crippen LogP contribution >= 0.6 is 0 Å². The normalized spacial score (nSPS) is 16.7. The van der Waals surface area contributed by atoms with Crippen molar-refractivity contribution in [3.05, 3.63) is 72.4 Å². The number of para-hydroxylation sites is 1. The van der Waals surface area contributed by atoms with Crippen molar-refractivity contribution in [2.45, 2.75) is 12.6 Å². The summed E-state index contributed by atoms with van der Waals surface area (Å²) in [7, 11) is 1.81. The van der Waals surface area contributed by atoms with Gasteiger partial charge in [0.05, 0.1) is 18.0 Å². The second kappa shape index (κ2) is 8.37. The Morgan fingerprint density at radius 1 is 1.18 bits per heavy atom. The average molecular weight is 376 g/mol. The third kappa shape index (κ3) is 3.98. The fourth-order valence-corrected chi connectivity index (χ4v) is 3.38. The molecule has 0 saturated carbocycles. The summed E-state index contributed by atoms with van der Waals surface area (Å²) < 4.78 is 7.48. The van der Waals surface area contributed by atoms with Crippen LogP contribution in [-0.4, -0.2) is 53.4 Å². The van der Waals surface area contributed by atoms with Crippen LogP contribution < -0.4 is 5.32 Å². The highest BCUT2D eigenvalue weighted by Gasteiger charge is 2.26. The lowest BCUT2D eigenvalue weighted by Gasteiger charge is -2.27. The van der Waals surface area contributed by atoms with Crippen LogP contribution in [0.4, 0.5) is 0 Å². The maximum atomic E-state index is 12.8. The van der Waals surface area contributed by atoms with Gasteiger partial charge in [-0.15, -0.1) is 0 Å². The lowest BCUT2D eigenvalue weighted by Crippen LogP contribution is -2.48. The smallest absolute Gasteiger partial charge is 0.253 e. The molecule has 0 radical (unpaired) electrons. The second-order valence-electron chi connectivity index (χ2n) is 6.91. The van der Waals surface area contributed by atoms with E-state index in [2.05, 4.69) is 5.32 Å². The van der Waals surface area contributed by atoms with Crippen molar-refractivity contribution in [1.82, 2.24) is 20.0 Å². The van der Waals surface area contributed by atoms with Crippen molar-refractivity contribution >= 4 is 5.91 Å². The Morgan fingerprint density at radius 2 is 1.89 bits per heavy atom. The van der Waals surface area contributed by atoms with Crippen LogP contribution in [-0.2, 0) is 16.1 Å². The van der Waals surface area contributed by atoms with E-state index < -0.39 is 6.10 Å². The van der Waals surface area contributed by atoms with Crippen molar-refractivity contribution in [3.8, 4) is 16.9 Å². The number of benzene rings is 2. The summed E-state index contributed by atoms with van der Waals surface area (Å²) in [4.78, 5) is 14.5. The van der Waals surface area contributed by atoms with Crippen molar-refractivity contribution in [2.75, 3.05) is 26.7 Å². The third-order valence-electron chi connectivity index (χ3n) is 4.84. The number of morpholine rings is 1. The molecule has 144 valence electrons. The molecule has 1 aliphatic rings. The molecule has 1 amide bonds. The van der Waals surface area contributed by atoms with Crippen molar-refractivity contribution in [3.63, 3.8) is 0 Å². The fourth-order valence-electron chi connectivity index (χ4n) is 3.38. The maximum absolute atomic E-state index is 12.8. The second-order valence-corrected chi connectivity index (χ2v) is 6.91. The van der Waals surface area contributed by atoms with Gasteiger partial charge >= 0.3 is 0 Å². The van der Waals surface area contributed by atoms with Crippen molar-refractivity contribution in [2.24, 2.45) is 0 Å². The molecular formula is C22H24N4O2. The van der Waals surface area contributed by atoms with Crippen LogP contribution in [0, 0.1) is 0 Å². The van der Waals surface area contributed by atoms with Crippen LogP contribution in [0.5, 0.6) is 0 Å². The molecule has 1 unspecified atom stereocenters. The van der Waals surface area contributed by atoms with E-state index in [0.717, 1.165) is 29.1 Å². The molecule has 1 fully saturated rings. The maximum Gasteiger partial charge on any atom is 0.253 e. The topological polar surface area (TPSA) is 59.4 Å². The van der Waals surface area contributed by atoms with Gasteiger partial charge in [0.1, 0.15) is 6.10 Å². The number of ether oxygens (including phenoxy) is 1. The molecule has 6 heteroatoms. The largest absolute Gasteiger partial charge is 0.366 e. The molecule has 1 aromatic heterocycles. The summed E-state index contributed by atoms with van der Waals surface area (Å²) in [5.41, 5.74) is 3.89. The molecular weight excluding hydrogens is 352 g/mol. The van der Waals surface area contributed by atoms with Gasteiger partial charge < -0.3 is 15.0 Å². The number of likely N-dealkylation sites (N-methyl/N-ethyl adjacent to an activating group) is 1. The summed E-state index contributed by atoms with van der Waals surface area (Å²) in [5.74, 6) is -0.0151. The Kier molecular flexibility index (Phi) is 5.50. The number of aromatic nitrogens is 2. The summed E-state index contributed by atoms with van der Waals surface area (Å²) in [6, 6.07) is 20.0. The molecule has 0 aliphatic carbocycles. The van der Waals surface area contributed by atoms with Crippen LogP contribution in [0.3, 0.4) is 0 Å². The zero-order valence-electron chi connectivity index (χ0n) is 15.9. The predicted octanol–water partition coefficient (Wildman–Crippen LogP) is 2.49. The van der Waals surface area contributed by atoms with E-state index in [-0.39, 0.29) is 5.91 Å². The number of amides is 1. The molecule has 1 aliphatic heterocycles. The van der Waals surface area contributed by atoms with Gasteiger partial charge in [0.25, 0.3) is 5.91 Å². The van der Waals surface area contributed by atoms with Crippen LogP contribution in [0.2, 0.25) is 0 Å². The minimum atomic E-state index is -0.428. The monoisotopic (exact) mass is 376 g/mol. The van der Waals surface area contributed by atoms with Gasteiger partial charge in [-0.05, 0) is 12.1 Å². The lowest BCUT2D eigenvalue weighted by molar-refractivity contribution is -0.144. The van der Waals surface area contributed by atoms with E-state index in [1.54, 1.807) is 4.90 Å². The van der Waals surface area contributed by atoms with E-state index >= 15 is 0 Å². The van der Waals surface area contributed by atoms with Crippen molar-refractivity contribution in [1.29, 1.82) is 0 Å². The van der Waals surface area contributed by atoms with Gasteiger partial charge in [-0.2, -0.15) is 5.10 Å². The Labute approximate surface area is 164 Å². The molecule has 0 spiro atoms. The first-order valence-electron chi connectivity index (χ1n) is 9.49. The van der Waals surface area contributed by atoms with Crippen LogP contribution in [0.25, 0.3) is 16.9 Å². The highest BCUT2D eigenvalue weighted by molar-refractivity contribution is 5.81. The van der Waals surface area contributed by atoms with Crippen molar-refractivity contribution < 1.29 is 9.53 Å². The molecule has 28 heavy (non-hydrogen) atoms. The summed E-state index contributed by atoms with van der Waals surface area (Å²) in [6.45, 7) is 2.37. The van der Waals surface area contributed by atoms with Gasteiger partial charge in [0.2, 0.25) is 0 Å². The summed E-state index contributed by atoms with van der Waals surface area (Å²) in [6.07, 6.45) is 1.57. The van der Waals surface area contributed by atoms with E-state index in [4.69, 9.17) is 9.84 Å². The van der Waals surface area contributed by atoms with Gasteiger partial charge in [-0.3, -0.25) is 4.79 Å². The molecule has 2 aromatic carbocycles. The standard InChI is InChI=1S/C22H24N4O2/c1-25(22(27)20-14-23-12-13-28-20)15-18-16-26(19-10-6-3-7-11-19)24-21(18)17-8-4-2-5-9-17/h2-11,16,20,23H,12-15H2,1H3. The van der Waals surface area contributed by atoms with E-state index in [1.807, 2.05) is 78.6 Å². The Bertz CT molecular complexity index is 918. The number of hydrogen-bond donors (Lipinski definition) is 1. The molecule has 3 aromatic rings. The zero-order chi connectivity index (χ0) is 19.3. The Balaban J connectivity index is 1.63. The number of nitrogens with one attached hydrogen (secondary N) is 1. The summed E-state index contributed by atoms with van der Waals surface area (Å²) >= 11 is 0. The number of carbonyl (C=O) groups is 1. The molecule has 0 bridgehead atoms. The summed E-state index contributed by atoms with van der Waals surface area (Å²) in [5, 5.41) is 8.02.